The highest BCUT2D eigenvalue weighted by Crippen LogP contribution is 2.30. The maximum atomic E-state index is 12.1. The Bertz CT molecular complexity index is 461. The van der Waals surface area contributed by atoms with Gasteiger partial charge in [-0.05, 0) is 18.4 Å². The predicted octanol–water partition coefficient (Wildman–Crippen LogP) is 1.70. The molecule has 5 nitrogen and oxygen atoms in total. The summed E-state index contributed by atoms with van der Waals surface area (Å²) in [6, 6.07) is 9.71. The average molecular weight is 276 g/mol. The van der Waals surface area contributed by atoms with Crippen LogP contribution in [0.15, 0.2) is 30.3 Å². The molecule has 20 heavy (non-hydrogen) atoms. The zero-order valence-electron chi connectivity index (χ0n) is 11.3. The second-order valence-corrected chi connectivity index (χ2v) is 5.16. The van der Waals surface area contributed by atoms with Gasteiger partial charge >= 0.3 is 5.97 Å². The number of carboxylic acid groups (broad SMARTS) is 1. The molecule has 0 heterocycles. The van der Waals surface area contributed by atoms with Gasteiger partial charge in [0.25, 0.3) is 0 Å². The maximum absolute atomic E-state index is 12.1. The summed E-state index contributed by atoms with van der Waals surface area (Å²) < 4.78 is 0. The van der Waals surface area contributed by atoms with Crippen LogP contribution in [0.5, 0.6) is 0 Å². The van der Waals surface area contributed by atoms with Crippen molar-refractivity contribution in [3.8, 4) is 0 Å². The number of carboxylic acids is 1. The van der Waals surface area contributed by atoms with Crippen molar-refractivity contribution in [2.24, 2.45) is 11.8 Å². The summed E-state index contributed by atoms with van der Waals surface area (Å²) in [6.07, 6.45) is 3.04. The molecule has 1 saturated carbocycles. The maximum Gasteiger partial charge on any atom is 0.307 e. The fourth-order valence-corrected chi connectivity index (χ4v) is 2.66. The van der Waals surface area contributed by atoms with Crippen molar-refractivity contribution >= 4 is 11.9 Å². The summed E-state index contributed by atoms with van der Waals surface area (Å²) in [5.74, 6) is -2.06. The lowest BCUT2D eigenvalue weighted by Gasteiger charge is -2.27. The molecule has 1 aliphatic rings. The van der Waals surface area contributed by atoms with E-state index in [2.05, 4.69) is 10.9 Å². The van der Waals surface area contributed by atoms with Crippen molar-refractivity contribution in [1.29, 1.82) is 0 Å². The van der Waals surface area contributed by atoms with Crippen LogP contribution in [0.2, 0.25) is 0 Å². The van der Waals surface area contributed by atoms with Crippen LogP contribution < -0.4 is 10.9 Å². The summed E-state index contributed by atoms with van der Waals surface area (Å²) in [4.78, 5) is 23.2. The van der Waals surface area contributed by atoms with Crippen LogP contribution in [-0.2, 0) is 16.1 Å². The van der Waals surface area contributed by atoms with E-state index < -0.39 is 17.8 Å². The van der Waals surface area contributed by atoms with E-state index in [9.17, 15) is 9.59 Å². The summed E-state index contributed by atoms with van der Waals surface area (Å²) in [5, 5.41) is 9.16. The third kappa shape index (κ3) is 3.81. The van der Waals surface area contributed by atoms with Gasteiger partial charge in [-0.25, -0.2) is 5.43 Å². The van der Waals surface area contributed by atoms with E-state index in [1.54, 1.807) is 0 Å². The van der Waals surface area contributed by atoms with Crippen molar-refractivity contribution in [1.82, 2.24) is 10.9 Å². The number of carbonyl (C=O) groups is 2. The molecule has 0 spiro atoms. The van der Waals surface area contributed by atoms with Crippen molar-refractivity contribution in [3.05, 3.63) is 35.9 Å². The van der Waals surface area contributed by atoms with Crippen molar-refractivity contribution in [3.63, 3.8) is 0 Å². The predicted molar refractivity (Wildman–Crippen MR) is 74.5 cm³/mol. The SMILES string of the molecule is O=C(NNCc1ccccc1)[C@H]1CCCC[C@H]1C(=O)O. The molecule has 0 aliphatic heterocycles. The first kappa shape index (κ1) is 14.5. The summed E-state index contributed by atoms with van der Waals surface area (Å²) in [5.41, 5.74) is 6.56. The molecule has 0 aromatic heterocycles. The van der Waals surface area contributed by atoms with Gasteiger partial charge in [-0.1, -0.05) is 43.2 Å². The fraction of sp³-hybridized carbons (Fsp3) is 0.467. The molecule has 1 aromatic carbocycles. The van der Waals surface area contributed by atoms with E-state index in [0.29, 0.717) is 19.4 Å². The van der Waals surface area contributed by atoms with Gasteiger partial charge in [0.1, 0.15) is 0 Å². The first-order valence-corrected chi connectivity index (χ1v) is 6.98. The minimum absolute atomic E-state index is 0.215. The second kappa shape index (κ2) is 7.05. The van der Waals surface area contributed by atoms with E-state index in [-0.39, 0.29) is 5.91 Å². The van der Waals surface area contributed by atoms with E-state index in [1.807, 2.05) is 30.3 Å². The quantitative estimate of drug-likeness (QED) is 0.715. The molecule has 108 valence electrons. The molecule has 1 aliphatic carbocycles. The molecule has 0 unspecified atom stereocenters. The molecule has 1 fully saturated rings. The van der Waals surface area contributed by atoms with E-state index in [0.717, 1.165) is 18.4 Å². The molecule has 0 saturated heterocycles. The number of hydrazine groups is 1. The molecule has 5 heteroatoms. The van der Waals surface area contributed by atoms with Gasteiger partial charge < -0.3 is 5.11 Å². The second-order valence-electron chi connectivity index (χ2n) is 5.16. The van der Waals surface area contributed by atoms with Crippen LogP contribution in [-0.4, -0.2) is 17.0 Å². The number of benzene rings is 1. The Hall–Kier alpha value is -1.88. The smallest absolute Gasteiger partial charge is 0.307 e. The largest absolute Gasteiger partial charge is 0.481 e. The summed E-state index contributed by atoms with van der Waals surface area (Å²) in [7, 11) is 0. The van der Waals surface area contributed by atoms with Gasteiger partial charge in [0.2, 0.25) is 5.91 Å². The van der Waals surface area contributed by atoms with Gasteiger partial charge in [-0.3, -0.25) is 15.0 Å². The van der Waals surface area contributed by atoms with Gasteiger partial charge in [-0.15, -0.1) is 0 Å². The minimum atomic E-state index is -0.868. The van der Waals surface area contributed by atoms with Crippen LogP contribution in [0, 0.1) is 11.8 Å². The van der Waals surface area contributed by atoms with Crippen LogP contribution in [0.1, 0.15) is 31.2 Å². The molecule has 0 radical (unpaired) electrons. The van der Waals surface area contributed by atoms with Crippen molar-refractivity contribution in [2.75, 3.05) is 0 Å². The minimum Gasteiger partial charge on any atom is -0.481 e. The molecular formula is C15H20N2O3. The zero-order valence-corrected chi connectivity index (χ0v) is 11.3. The number of rotatable bonds is 5. The van der Waals surface area contributed by atoms with E-state index in [1.165, 1.54) is 0 Å². The van der Waals surface area contributed by atoms with Crippen molar-refractivity contribution in [2.45, 2.75) is 32.2 Å². The number of amides is 1. The molecule has 2 atom stereocenters. The lowest BCUT2D eigenvalue weighted by molar-refractivity contribution is -0.149. The molecule has 0 bridgehead atoms. The Morgan fingerprint density at radius 3 is 2.40 bits per heavy atom. The lowest BCUT2D eigenvalue weighted by Crippen LogP contribution is -2.45. The Morgan fingerprint density at radius 1 is 1.10 bits per heavy atom. The molecular weight excluding hydrogens is 256 g/mol. The molecule has 1 amide bonds. The monoisotopic (exact) mass is 276 g/mol. The third-order valence-corrected chi connectivity index (χ3v) is 3.77. The van der Waals surface area contributed by atoms with Crippen LogP contribution in [0.25, 0.3) is 0 Å². The number of aliphatic carboxylic acids is 1. The Labute approximate surface area is 118 Å². The van der Waals surface area contributed by atoms with Crippen LogP contribution in [0.3, 0.4) is 0 Å². The normalized spacial score (nSPS) is 22.2. The summed E-state index contributed by atoms with van der Waals surface area (Å²) in [6.45, 7) is 0.525. The van der Waals surface area contributed by atoms with Gasteiger partial charge in [-0.2, -0.15) is 0 Å². The van der Waals surface area contributed by atoms with Crippen LogP contribution in [0.4, 0.5) is 0 Å². The molecule has 1 aromatic rings. The van der Waals surface area contributed by atoms with Gasteiger partial charge in [0.05, 0.1) is 11.8 Å². The molecule has 3 N–H and O–H groups in total. The van der Waals surface area contributed by atoms with E-state index >= 15 is 0 Å². The molecule has 2 rings (SSSR count). The first-order chi connectivity index (χ1) is 9.68. The third-order valence-electron chi connectivity index (χ3n) is 3.77. The number of hydrogen-bond acceptors (Lipinski definition) is 3. The number of hydrogen-bond donors (Lipinski definition) is 3. The Balaban J connectivity index is 1.83. The highest BCUT2D eigenvalue weighted by molar-refractivity contribution is 5.84. The van der Waals surface area contributed by atoms with E-state index in [4.69, 9.17) is 5.11 Å². The fourth-order valence-electron chi connectivity index (χ4n) is 2.66. The topological polar surface area (TPSA) is 78.4 Å². The lowest BCUT2D eigenvalue weighted by atomic mass is 9.79. The highest BCUT2D eigenvalue weighted by atomic mass is 16.4. The van der Waals surface area contributed by atoms with Gasteiger partial charge in [0, 0.05) is 6.54 Å². The van der Waals surface area contributed by atoms with Gasteiger partial charge in [0.15, 0.2) is 0 Å². The number of carbonyl (C=O) groups excluding carboxylic acids is 1. The Kier molecular flexibility index (Phi) is 5.12. The Morgan fingerprint density at radius 2 is 1.75 bits per heavy atom. The first-order valence-electron chi connectivity index (χ1n) is 6.98. The number of nitrogens with one attached hydrogen (secondary N) is 2. The van der Waals surface area contributed by atoms with Crippen LogP contribution >= 0.6 is 0 Å². The summed E-state index contributed by atoms with van der Waals surface area (Å²) >= 11 is 0. The average Bonchev–Trinajstić information content (AvgIpc) is 2.48. The highest BCUT2D eigenvalue weighted by Gasteiger charge is 2.35. The van der Waals surface area contributed by atoms with Crippen molar-refractivity contribution < 1.29 is 14.7 Å². The zero-order chi connectivity index (χ0) is 14.4. The standard InChI is InChI=1S/C15H20N2O3/c18-14(12-8-4-5-9-13(12)15(19)20)17-16-10-11-6-2-1-3-7-11/h1-3,6-7,12-13,16H,4-5,8-10H2,(H,17,18)(H,19,20)/t12-,13+/m0/s1.